The van der Waals surface area contributed by atoms with Crippen LogP contribution >= 0.6 is 0 Å². The van der Waals surface area contributed by atoms with E-state index in [1.807, 2.05) is 32.2 Å². The number of nitrogens with one attached hydrogen (secondary N) is 2. The highest BCUT2D eigenvalue weighted by Crippen LogP contribution is 2.30. The zero-order valence-corrected chi connectivity index (χ0v) is 17.8. The highest BCUT2D eigenvalue weighted by molar-refractivity contribution is 5.84. The molecular formula is C22H37N5O. The molecule has 2 atom stereocenters. The minimum absolute atomic E-state index is 0.0224. The molecule has 28 heavy (non-hydrogen) atoms. The number of carbonyl (C=O) groups is 1. The lowest BCUT2D eigenvalue weighted by Crippen LogP contribution is -2.39. The summed E-state index contributed by atoms with van der Waals surface area (Å²) < 4.78 is 0. The summed E-state index contributed by atoms with van der Waals surface area (Å²) in [6.45, 7) is 6.91. The van der Waals surface area contributed by atoms with Gasteiger partial charge in [0.05, 0.1) is 0 Å². The predicted octanol–water partition coefficient (Wildman–Crippen LogP) is 2.85. The van der Waals surface area contributed by atoms with E-state index in [1.54, 1.807) is 11.1 Å². The summed E-state index contributed by atoms with van der Waals surface area (Å²) in [7, 11) is 1.82. The molecule has 2 rings (SSSR count). The van der Waals surface area contributed by atoms with Crippen molar-refractivity contribution in [3.8, 4) is 0 Å². The lowest BCUT2D eigenvalue weighted by atomic mass is 9.81. The monoisotopic (exact) mass is 387 g/mol. The standard InChI is InChI=1S/C22H37N5O/c1-4-23-22(25-14-11-19-9-7-8-18(2)16-19)26-17-21(28)27(3)15-12-20-10-5-6-13-24-20/h5-6,10,13,18-19H,4,7-9,11-12,14-17H2,1-3H3,(H2,23,25,26). The largest absolute Gasteiger partial charge is 0.357 e. The maximum absolute atomic E-state index is 12.4. The highest BCUT2D eigenvalue weighted by Gasteiger charge is 2.18. The van der Waals surface area contributed by atoms with Crippen LogP contribution in [0.25, 0.3) is 0 Å². The van der Waals surface area contributed by atoms with Crippen molar-refractivity contribution < 1.29 is 4.79 Å². The first-order chi connectivity index (χ1) is 13.6. The molecule has 0 aromatic carbocycles. The van der Waals surface area contributed by atoms with Crippen molar-refractivity contribution in [1.82, 2.24) is 20.5 Å². The Morgan fingerprint density at radius 3 is 2.89 bits per heavy atom. The minimum atomic E-state index is 0.0224. The van der Waals surface area contributed by atoms with E-state index in [-0.39, 0.29) is 12.5 Å². The number of rotatable bonds is 9. The second-order valence-electron chi connectivity index (χ2n) is 7.93. The Labute approximate surface area is 170 Å². The fraction of sp³-hybridized carbons (Fsp3) is 0.682. The third kappa shape index (κ3) is 8.28. The van der Waals surface area contributed by atoms with Gasteiger partial charge in [-0.2, -0.15) is 0 Å². The Bertz CT molecular complexity index is 604. The number of amides is 1. The van der Waals surface area contributed by atoms with Crippen LogP contribution in [0.2, 0.25) is 0 Å². The third-order valence-corrected chi connectivity index (χ3v) is 5.46. The van der Waals surface area contributed by atoms with Crippen molar-refractivity contribution in [3.63, 3.8) is 0 Å². The summed E-state index contributed by atoms with van der Waals surface area (Å²) in [6.07, 6.45) is 9.14. The van der Waals surface area contributed by atoms with Crippen LogP contribution in [0.1, 0.15) is 51.6 Å². The van der Waals surface area contributed by atoms with Crippen molar-refractivity contribution in [1.29, 1.82) is 0 Å². The molecule has 1 aliphatic rings. The van der Waals surface area contributed by atoms with E-state index in [2.05, 4.69) is 27.5 Å². The van der Waals surface area contributed by atoms with Gasteiger partial charge in [0.25, 0.3) is 0 Å². The third-order valence-electron chi connectivity index (χ3n) is 5.46. The molecule has 1 aromatic rings. The van der Waals surface area contributed by atoms with Crippen LogP contribution in [0, 0.1) is 11.8 Å². The first-order valence-electron chi connectivity index (χ1n) is 10.7. The molecule has 2 N–H and O–H groups in total. The zero-order valence-electron chi connectivity index (χ0n) is 17.8. The Morgan fingerprint density at radius 2 is 2.18 bits per heavy atom. The molecule has 156 valence electrons. The second kappa shape index (κ2) is 12.4. The summed E-state index contributed by atoms with van der Waals surface area (Å²) in [6, 6.07) is 5.85. The Balaban J connectivity index is 1.72. The molecule has 0 radical (unpaired) electrons. The number of hydrogen-bond acceptors (Lipinski definition) is 3. The average Bonchev–Trinajstić information content (AvgIpc) is 2.70. The van der Waals surface area contributed by atoms with Gasteiger partial charge in [0.2, 0.25) is 5.91 Å². The minimum Gasteiger partial charge on any atom is -0.357 e. The van der Waals surface area contributed by atoms with E-state index < -0.39 is 0 Å². The molecule has 1 amide bonds. The smallest absolute Gasteiger partial charge is 0.244 e. The van der Waals surface area contributed by atoms with Crippen LogP contribution < -0.4 is 10.6 Å². The van der Waals surface area contributed by atoms with Gasteiger partial charge in [0.15, 0.2) is 5.96 Å². The molecular weight excluding hydrogens is 350 g/mol. The molecule has 2 unspecified atom stereocenters. The van der Waals surface area contributed by atoms with Crippen molar-refractivity contribution in [2.24, 2.45) is 16.8 Å². The first-order valence-corrected chi connectivity index (χ1v) is 10.7. The molecule has 6 heteroatoms. The summed E-state index contributed by atoms with van der Waals surface area (Å²) in [5.41, 5.74) is 0.998. The van der Waals surface area contributed by atoms with Gasteiger partial charge in [-0.1, -0.05) is 32.3 Å². The normalized spacial score (nSPS) is 19.9. The molecule has 1 aromatic heterocycles. The van der Waals surface area contributed by atoms with Gasteiger partial charge in [-0.3, -0.25) is 9.78 Å². The van der Waals surface area contributed by atoms with E-state index in [1.165, 1.54) is 32.1 Å². The predicted molar refractivity (Wildman–Crippen MR) is 115 cm³/mol. The van der Waals surface area contributed by atoms with E-state index >= 15 is 0 Å². The maximum atomic E-state index is 12.4. The number of hydrogen-bond donors (Lipinski definition) is 2. The van der Waals surface area contributed by atoms with E-state index in [9.17, 15) is 4.79 Å². The van der Waals surface area contributed by atoms with Crippen LogP contribution in [-0.4, -0.2) is 55.0 Å². The lowest BCUT2D eigenvalue weighted by Gasteiger charge is -2.26. The van der Waals surface area contributed by atoms with Crippen molar-refractivity contribution in [2.75, 3.05) is 33.2 Å². The molecule has 0 saturated heterocycles. The van der Waals surface area contributed by atoms with Crippen molar-refractivity contribution >= 4 is 11.9 Å². The van der Waals surface area contributed by atoms with Gasteiger partial charge in [-0.05, 0) is 43.7 Å². The fourth-order valence-electron chi connectivity index (χ4n) is 3.78. The van der Waals surface area contributed by atoms with Crippen LogP contribution in [0.3, 0.4) is 0 Å². The first kappa shape index (κ1) is 22.2. The molecule has 0 spiro atoms. The fourth-order valence-corrected chi connectivity index (χ4v) is 3.78. The van der Waals surface area contributed by atoms with Crippen LogP contribution in [0.15, 0.2) is 29.4 Å². The zero-order chi connectivity index (χ0) is 20.2. The number of guanidine groups is 1. The average molecular weight is 388 g/mol. The number of carbonyl (C=O) groups excluding carboxylic acids is 1. The summed E-state index contributed by atoms with van der Waals surface area (Å²) in [5, 5.41) is 6.63. The van der Waals surface area contributed by atoms with Gasteiger partial charge >= 0.3 is 0 Å². The summed E-state index contributed by atoms with van der Waals surface area (Å²) in [4.78, 5) is 22.9. The van der Waals surface area contributed by atoms with Crippen molar-refractivity contribution in [3.05, 3.63) is 30.1 Å². The molecule has 0 aliphatic heterocycles. The van der Waals surface area contributed by atoms with Crippen LogP contribution in [0.5, 0.6) is 0 Å². The Morgan fingerprint density at radius 1 is 1.32 bits per heavy atom. The maximum Gasteiger partial charge on any atom is 0.244 e. The number of nitrogens with zero attached hydrogens (tertiary/aromatic N) is 3. The van der Waals surface area contributed by atoms with E-state index in [0.717, 1.165) is 43.0 Å². The second-order valence-corrected chi connectivity index (χ2v) is 7.93. The van der Waals surface area contributed by atoms with Gasteiger partial charge in [-0.25, -0.2) is 4.99 Å². The van der Waals surface area contributed by atoms with Crippen LogP contribution in [-0.2, 0) is 11.2 Å². The van der Waals surface area contributed by atoms with Gasteiger partial charge < -0.3 is 15.5 Å². The van der Waals surface area contributed by atoms with Gasteiger partial charge in [-0.15, -0.1) is 0 Å². The summed E-state index contributed by atoms with van der Waals surface area (Å²) in [5.74, 6) is 2.44. The number of aromatic nitrogens is 1. The number of likely N-dealkylation sites (N-methyl/N-ethyl adjacent to an activating group) is 1. The van der Waals surface area contributed by atoms with Crippen molar-refractivity contribution in [2.45, 2.75) is 52.4 Å². The number of aliphatic imine (C=N–C) groups is 1. The molecule has 6 nitrogen and oxygen atoms in total. The lowest BCUT2D eigenvalue weighted by molar-refractivity contribution is -0.128. The number of pyridine rings is 1. The Kier molecular flexibility index (Phi) is 9.80. The molecule has 0 bridgehead atoms. The molecule has 1 saturated carbocycles. The SMILES string of the molecule is CCNC(=NCC(=O)N(C)CCc1ccccn1)NCCC1CCCC(C)C1. The highest BCUT2D eigenvalue weighted by atomic mass is 16.2. The molecule has 1 fully saturated rings. The summed E-state index contributed by atoms with van der Waals surface area (Å²) >= 11 is 0. The molecule has 1 aliphatic carbocycles. The topological polar surface area (TPSA) is 69.6 Å². The molecule has 1 heterocycles. The van der Waals surface area contributed by atoms with E-state index in [0.29, 0.717) is 6.54 Å². The van der Waals surface area contributed by atoms with Gasteiger partial charge in [0, 0.05) is 45.0 Å². The van der Waals surface area contributed by atoms with Crippen LogP contribution in [0.4, 0.5) is 0 Å². The van der Waals surface area contributed by atoms with Gasteiger partial charge in [0.1, 0.15) is 6.54 Å². The van der Waals surface area contributed by atoms with E-state index in [4.69, 9.17) is 0 Å². The quantitative estimate of drug-likeness (QED) is 0.505. The Hall–Kier alpha value is -2.11.